The smallest absolute Gasteiger partial charge is 0.304 e. The lowest BCUT2D eigenvalue weighted by atomic mass is 9.96. The highest BCUT2D eigenvalue weighted by Crippen LogP contribution is 2.32. The third-order valence-corrected chi connectivity index (χ3v) is 3.76. The quantitative estimate of drug-likeness (QED) is 0.739. The van der Waals surface area contributed by atoms with E-state index in [1.54, 1.807) is 0 Å². The van der Waals surface area contributed by atoms with Crippen molar-refractivity contribution in [2.24, 2.45) is 5.92 Å². The summed E-state index contributed by atoms with van der Waals surface area (Å²) in [4.78, 5) is 10.4. The minimum absolute atomic E-state index is 0.348. The van der Waals surface area contributed by atoms with Crippen LogP contribution in [0.5, 0.6) is 0 Å². The predicted molar refractivity (Wildman–Crippen MR) is 51.5 cm³/mol. The Balaban J connectivity index is 2.30. The zero-order chi connectivity index (χ0) is 8.97. The molecule has 0 amide bonds. The molecule has 0 bridgehead atoms. The highest BCUT2D eigenvalue weighted by Gasteiger charge is 2.22. The number of rotatable bonds is 3. The molecule has 0 aromatic carbocycles. The van der Waals surface area contributed by atoms with Crippen LogP contribution in [-0.4, -0.2) is 22.1 Å². The van der Waals surface area contributed by atoms with Crippen molar-refractivity contribution in [1.29, 1.82) is 0 Å². The number of hydrogen-bond acceptors (Lipinski definition) is 2. The van der Waals surface area contributed by atoms with Gasteiger partial charge in [0.05, 0.1) is 6.42 Å². The number of thioether (sulfide) groups is 1. The Bertz CT molecular complexity index is 159. The maximum atomic E-state index is 10.4. The molecule has 0 aromatic heterocycles. The van der Waals surface area contributed by atoms with Gasteiger partial charge in [-0.2, -0.15) is 11.8 Å². The lowest BCUT2D eigenvalue weighted by Gasteiger charge is -2.26. The summed E-state index contributed by atoms with van der Waals surface area (Å²) in [5.74, 6) is 1.27. The summed E-state index contributed by atoms with van der Waals surface area (Å²) in [6.07, 6.45) is 3.93. The van der Waals surface area contributed by atoms with E-state index in [4.69, 9.17) is 5.11 Å². The summed E-state index contributed by atoms with van der Waals surface area (Å²) in [6.45, 7) is 2.19. The van der Waals surface area contributed by atoms with Crippen molar-refractivity contribution >= 4 is 17.7 Å². The average molecular weight is 188 g/mol. The Morgan fingerprint density at radius 2 is 2.42 bits per heavy atom. The monoisotopic (exact) mass is 188 g/mol. The average Bonchev–Trinajstić information content (AvgIpc) is 2.03. The van der Waals surface area contributed by atoms with Crippen LogP contribution in [0.15, 0.2) is 0 Å². The first kappa shape index (κ1) is 9.90. The number of aliphatic carboxylic acids is 1. The molecular formula is C9H16O2S. The van der Waals surface area contributed by atoms with Crippen LogP contribution in [0.4, 0.5) is 0 Å². The molecule has 1 N–H and O–H groups in total. The van der Waals surface area contributed by atoms with Gasteiger partial charge in [0.2, 0.25) is 0 Å². The minimum Gasteiger partial charge on any atom is -0.481 e. The van der Waals surface area contributed by atoms with Crippen molar-refractivity contribution in [1.82, 2.24) is 0 Å². The van der Waals surface area contributed by atoms with Gasteiger partial charge in [-0.1, -0.05) is 13.3 Å². The zero-order valence-electron chi connectivity index (χ0n) is 7.45. The van der Waals surface area contributed by atoms with Gasteiger partial charge in [-0.15, -0.1) is 0 Å². The van der Waals surface area contributed by atoms with E-state index in [9.17, 15) is 4.79 Å². The molecule has 70 valence electrons. The predicted octanol–water partition coefficient (Wildman–Crippen LogP) is 2.38. The highest BCUT2D eigenvalue weighted by atomic mass is 32.2. The fourth-order valence-corrected chi connectivity index (χ4v) is 3.14. The van der Waals surface area contributed by atoms with Gasteiger partial charge in [0.1, 0.15) is 0 Å². The second-order valence-corrected chi connectivity index (χ2v) is 4.80. The summed E-state index contributed by atoms with van der Waals surface area (Å²) in [6, 6.07) is 0. The summed E-state index contributed by atoms with van der Waals surface area (Å²) >= 11 is 1.83. The molecule has 12 heavy (non-hydrogen) atoms. The van der Waals surface area contributed by atoms with Gasteiger partial charge in [-0.3, -0.25) is 4.79 Å². The third-order valence-electron chi connectivity index (χ3n) is 2.46. The molecule has 1 aliphatic rings. The number of carboxylic acid groups (broad SMARTS) is 1. The molecule has 1 fully saturated rings. The summed E-state index contributed by atoms with van der Waals surface area (Å²) in [5.41, 5.74) is 0. The van der Waals surface area contributed by atoms with E-state index in [1.807, 2.05) is 11.8 Å². The van der Waals surface area contributed by atoms with Crippen molar-refractivity contribution in [2.45, 2.75) is 37.9 Å². The number of carbonyl (C=O) groups is 1. The lowest BCUT2D eigenvalue weighted by Crippen LogP contribution is -2.20. The van der Waals surface area contributed by atoms with Crippen LogP contribution in [0, 0.1) is 5.92 Å². The van der Waals surface area contributed by atoms with Gasteiger partial charge < -0.3 is 5.11 Å². The van der Waals surface area contributed by atoms with E-state index >= 15 is 0 Å². The third kappa shape index (κ3) is 3.05. The second kappa shape index (κ2) is 4.75. The van der Waals surface area contributed by atoms with Gasteiger partial charge >= 0.3 is 5.97 Å². The molecule has 0 saturated carbocycles. The molecule has 2 nitrogen and oxygen atoms in total. The van der Waals surface area contributed by atoms with Crippen molar-refractivity contribution in [3.63, 3.8) is 0 Å². The van der Waals surface area contributed by atoms with Crippen LogP contribution in [0.3, 0.4) is 0 Å². The molecular weight excluding hydrogens is 172 g/mol. The SMILES string of the molecule is CCC1CCSC(CC(=O)O)C1. The maximum absolute atomic E-state index is 10.4. The van der Waals surface area contributed by atoms with Crippen LogP contribution < -0.4 is 0 Å². The van der Waals surface area contributed by atoms with Crippen molar-refractivity contribution in [3.8, 4) is 0 Å². The molecule has 2 unspecified atom stereocenters. The first-order valence-corrected chi connectivity index (χ1v) is 5.60. The van der Waals surface area contributed by atoms with Gasteiger partial charge in [-0.25, -0.2) is 0 Å². The first-order chi connectivity index (χ1) is 5.72. The Hall–Kier alpha value is -0.180. The van der Waals surface area contributed by atoms with Crippen molar-refractivity contribution in [2.75, 3.05) is 5.75 Å². The van der Waals surface area contributed by atoms with Gasteiger partial charge in [0.25, 0.3) is 0 Å². The lowest BCUT2D eigenvalue weighted by molar-refractivity contribution is -0.137. The Morgan fingerprint density at radius 3 is 3.00 bits per heavy atom. The highest BCUT2D eigenvalue weighted by molar-refractivity contribution is 7.99. The van der Waals surface area contributed by atoms with E-state index < -0.39 is 5.97 Å². The largest absolute Gasteiger partial charge is 0.481 e. The molecule has 1 rings (SSSR count). The maximum Gasteiger partial charge on any atom is 0.304 e. The molecule has 0 aromatic rings. The molecule has 0 aliphatic carbocycles. The Labute approximate surface area is 77.7 Å². The zero-order valence-corrected chi connectivity index (χ0v) is 8.27. The normalized spacial score (nSPS) is 30.1. The Morgan fingerprint density at radius 1 is 1.67 bits per heavy atom. The fraction of sp³-hybridized carbons (Fsp3) is 0.889. The van der Waals surface area contributed by atoms with Gasteiger partial charge in [-0.05, 0) is 24.5 Å². The standard InChI is InChI=1S/C9H16O2S/c1-2-7-3-4-12-8(5-7)6-9(10)11/h7-8H,2-6H2,1H3,(H,10,11). The number of carboxylic acids is 1. The van der Waals surface area contributed by atoms with Crippen LogP contribution in [0.1, 0.15) is 32.6 Å². The van der Waals surface area contributed by atoms with Crippen molar-refractivity contribution in [3.05, 3.63) is 0 Å². The molecule has 3 heteroatoms. The summed E-state index contributed by atoms with van der Waals surface area (Å²) in [7, 11) is 0. The van der Waals surface area contributed by atoms with Crippen LogP contribution in [0.2, 0.25) is 0 Å². The molecule has 0 radical (unpaired) electrons. The van der Waals surface area contributed by atoms with E-state index in [0.717, 1.165) is 18.1 Å². The first-order valence-electron chi connectivity index (χ1n) is 4.55. The van der Waals surface area contributed by atoms with E-state index in [2.05, 4.69) is 6.92 Å². The molecule has 1 heterocycles. The minimum atomic E-state index is -0.649. The Kier molecular flexibility index (Phi) is 3.92. The summed E-state index contributed by atoms with van der Waals surface area (Å²) in [5, 5.41) is 8.99. The van der Waals surface area contributed by atoms with Crippen molar-refractivity contribution < 1.29 is 9.90 Å². The molecule has 2 atom stereocenters. The molecule has 1 aliphatic heterocycles. The fourth-order valence-electron chi connectivity index (χ4n) is 1.67. The van der Waals surface area contributed by atoms with E-state index in [0.29, 0.717) is 11.7 Å². The number of hydrogen-bond donors (Lipinski definition) is 1. The van der Waals surface area contributed by atoms with E-state index in [1.165, 1.54) is 12.8 Å². The van der Waals surface area contributed by atoms with Crippen LogP contribution in [-0.2, 0) is 4.79 Å². The molecule has 1 saturated heterocycles. The topological polar surface area (TPSA) is 37.3 Å². The van der Waals surface area contributed by atoms with Crippen LogP contribution in [0.25, 0.3) is 0 Å². The summed E-state index contributed by atoms with van der Waals surface area (Å²) < 4.78 is 0. The second-order valence-electron chi connectivity index (χ2n) is 3.39. The van der Waals surface area contributed by atoms with E-state index in [-0.39, 0.29) is 0 Å². The van der Waals surface area contributed by atoms with Crippen LogP contribution >= 0.6 is 11.8 Å². The molecule has 0 spiro atoms. The van der Waals surface area contributed by atoms with Gasteiger partial charge in [0, 0.05) is 5.25 Å². The van der Waals surface area contributed by atoms with Gasteiger partial charge in [0.15, 0.2) is 0 Å².